The molecule has 0 aromatic heterocycles. The summed E-state index contributed by atoms with van der Waals surface area (Å²) < 4.78 is 42.9. The number of rotatable bonds is 16. The average molecular weight is 577 g/mol. The first kappa shape index (κ1) is 36.3. The highest BCUT2D eigenvalue weighted by Gasteiger charge is 2.30. The Labute approximate surface area is 234 Å². The van der Waals surface area contributed by atoms with Crippen LogP contribution in [0.5, 0.6) is 5.75 Å². The van der Waals surface area contributed by atoms with Crippen LogP contribution in [0.4, 0.5) is 13.2 Å². The number of hydrogen-bond acceptors (Lipinski definition) is 6. The second-order valence-electron chi connectivity index (χ2n) is 8.59. The Morgan fingerprint density at radius 2 is 1.90 bits per heavy atom. The number of hydrogen-bond donors (Lipinski definition) is 1. The lowest BCUT2D eigenvalue weighted by molar-refractivity contribution is -0.756. The van der Waals surface area contributed by atoms with Crippen LogP contribution < -0.4 is 10.1 Å². The summed E-state index contributed by atoms with van der Waals surface area (Å²) in [5.74, 6) is 2.25. The van der Waals surface area contributed by atoms with Gasteiger partial charge in [0.2, 0.25) is 6.41 Å². The van der Waals surface area contributed by atoms with Crippen LogP contribution in [0.3, 0.4) is 0 Å². The molecule has 1 aromatic rings. The van der Waals surface area contributed by atoms with Crippen molar-refractivity contribution in [1.82, 2.24) is 5.32 Å². The summed E-state index contributed by atoms with van der Waals surface area (Å²) in [6, 6.07) is 5.01. The Bertz CT molecular complexity index is 817. The van der Waals surface area contributed by atoms with Gasteiger partial charge in [-0.2, -0.15) is 24.9 Å². The number of alkyl halides is 3. The van der Waals surface area contributed by atoms with Crippen molar-refractivity contribution in [2.75, 3.05) is 31.3 Å². The maximum absolute atomic E-state index is 12.5. The maximum atomic E-state index is 12.5. The zero-order valence-electron chi connectivity index (χ0n) is 23.0. The number of unbranched alkanes of at least 4 members (excludes halogenated alkanes) is 2. The zero-order valence-corrected chi connectivity index (χ0v) is 23.8. The van der Waals surface area contributed by atoms with E-state index in [2.05, 4.69) is 48.3 Å². The first-order valence-electron chi connectivity index (χ1n) is 13.3. The Balaban J connectivity index is 0.000000646. The minimum absolute atomic E-state index is 0.0960. The quantitative estimate of drug-likeness (QED) is 0.0715. The largest absolute Gasteiger partial charge is 0.493 e. The predicted octanol–water partition coefficient (Wildman–Crippen LogP) is 7.65. The van der Waals surface area contributed by atoms with Gasteiger partial charge in [0.05, 0.1) is 12.2 Å². The molecule has 1 aliphatic carbocycles. The fraction of sp³-hybridized carbons (Fsp3) is 0.607. The van der Waals surface area contributed by atoms with Crippen molar-refractivity contribution in [2.45, 2.75) is 71.4 Å². The van der Waals surface area contributed by atoms with Crippen LogP contribution >= 0.6 is 11.8 Å². The molecule has 39 heavy (non-hydrogen) atoms. The van der Waals surface area contributed by atoms with Gasteiger partial charge >= 0.3 is 6.18 Å². The fourth-order valence-corrected chi connectivity index (χ4v) is 4.06. The van der Waals surface area contributed by atoms with E-state index < -0.39 is 16.8 Å². The van der Waals surface area contributed by atoms with Gasteiger partial charge in [0, 0.05) is 18.1 Å². The summed E-state index contributed by atoms with van der Waals surface area (Å²) in [5.41, 5.74) is -0.670. The van der Waals surface area contributed by atoms with Crippen LogP contribution in [-0.4, -0.2) is 42.8 Å². The third-order valence-electron chi connectivity index (χ3n) is 5.38. The first-order valence-corrected chi connectivity index (χ1v) is 14.5. The average Bonchev–Trinajstić information content (AvgIpc) is 3.42. The number of carbonyl (C=O) groups is 1. The third-order valence-corrected chi connectivity index (χ3v) is 6.33. The van der Waals surface area contributed by atoms with Gasteiger partial charge in [0.1, 0.15) is 12.4 Å². The number of carbonyl (C=O) groups excluding carboxylic acids is 1. The fourth-order valence-electron chi connectivity index (χ4n) is 3.40. The molecule has 1 saturated carbocycles. The molecule has 0 saturated heterocycles. The molecule has 0 radical (unpaired) electrons. The van der Waals surface area contributed by atoms with Crippen molar-refractivity contribution in [2.24, 2.45) is 5.92 Å². The van der Waals surface area contributed by atoms with Crippen LogP contribution in [0.25, 0.3) is 0 Å². The molecule has 2 rings (SSSR count). The molecule has 1 aliphatic rings. The summed E-state index contributed by atoms with van der Waals surface area (Å²) in [6.45, 7) is 5.36. The minimum atomic E-state index is -4.32. The molecular formula is C28H43F3N2O5S. The second-order valence-corrected chi connectivity index (χ2v) is 9.81. The van der Waals surface area contributed by atoms with E-state index in [4.69, 9.17) is 4.74 Å². The first-order chi connectivity index (χ1) is 18.7. The van der Waals surface area contributed by atoms with Gasteiger partial charge in [0.25, 0.3) is 5.09 Å². The van der Waals surface area contributed by atoms with Crippen molar-refractivity contribution in [3.63, 3.8) is 0 Å². The van der Waals surface area contributed by atoms with Crippen LogP contribution in [0.2, 0.25) is 0 Å². The Morgan fingerprint density at radius 1 is 1.15 bits per heavy atom. The highest BCUT2D eigenvalue weighted by molar-refractivity contribution is 7.99. The zero-order chi connectivity index (χ0) is 29.2. The van der Waals surface area contributed by atoms with Gasteiger partial charge in [0.15, 0.2) is 0 Å². The summed E-state index contributed by atoms with van der Waals surface area (Å²) in [4.78, 5) is 23.5. The summed E-state index contributed by atoms with van der Waals surface area (Å²) in [5, 5.41) is 11.3. The molecule has 1 fully saturated rings. The maximum Gasteiger partial charge on any atom is 0.416 e. The van der Waals surface area contributed by atoms with Gasteiger partial charge in [-0.05, 0) is 56.7 Å². The standard InChI is InChI=1S/C16H19F3O.C7H14.C5H10N2O4S/c17-16(18,19)14-9-5-10-15(12-14)20-11-4-3-8-13-6-1-2-7-13;1-3-5-7-6-4-2;8-5-6-1-3-12-4-2-11-7(9)10/h3,5,8-10,12-13H,1-2,4,6-7,11H2;3,5H,4,6-7H2,1-2H3;5H,1-4H2,(H,6,8)/b8-3+;5-3-;. The number of halogens is 3. The number of benzene rings is 1. The van der Waals surface area contributed by atoms with Gasteiger partial charge in [-0.25, -0.2) is 0 Å². The van der Waals surface area contributed by atoms with E-state index >= 15 is 0 Å². The van der Waals surface area contributed by atoms with Crippen molar-refractivity contribution >= 4 is 18.2 Å². The molecule has 222 valence electrons. The normalized spacial score (nSPS) is 13.4. The molecule has 1 aromatic carbocycles. The highest BCUT2D eigenvalue weighted by Crippen LogP contribution is 2.31. The number of ether oxygens (including phenoxy) is 1. The van der Waals surface area contributed by atoms with Crippen molar-refractivity contribution in [3.8, 4) is 5.75 Å². The van der Waals surface area contributed by atoms with Crippen molar-refractivity contribution in [1.29, 1.82) is 0 Å². The lowest BCUT2D eigenvalue weighted by atomic mass is 10.1. The van der Waals surface area contributed by atoms with Gasteiger partial charge in [-0.1, -0.05) is 63.0 Å². The van der Waals surface area contributed by atoms with E-state index in [1.54, 1.807) is 6.07 Å². The van der Waals surface area contributed by atoms with E-state index in [0.29, 0.717) is 31.2 Å². The highest BCUT2D eigenvalue weighted by atomic mass is 32.2. The van der Waals surface area contributed by atoms with E-state index in [-0.39, 0.29) is 12.4 Å². The molecule has 0 spiro atoms. The predicted molar refractivity (Wildman–Crippen MR) is 151 cm³/mol. The van der Waals surface area contributed by atoms with E-state index in [1.165, 1.54) is 62.8 Å². The smallest absolute Gasteiger partial charge is 0.416 e. The third kappa shape index (κ3) is 23.0. The van der Waals surface area contributed by atoms with Crippen molar-refractivity contribution in [3.05, 3.63) is 64.2 Å². The number of nitrogens with zero attached hydrogens (tertiary/aromatic N) is 1. The van der Waals surface area contributed by atoms with Gasteiger partial charge in [-0.3, -0.25) is 4.79 Å². The van der Waals surface area contributed by atoms with E-state index in [1.807, 2.05) is 0 Å². The summed E-state index contributed by atoms with van der Waals surface area (Å²) >= 11 is 1.48. The summed E-state index contributed by atoms with van der Waals surface area (Å²) in [6.07, 6.45) is 14.6. The van der Waals surface area contributed by atoms with Gasteiger partial charge < -0.3 is 14.9 Å². The Morgan fingerprint density at radius 3 is 2.51 bits per heavy atom. The molecule has 0 aliphatic heterocycles. The number of nitrogens with one attached hydrogen (secondary N) is 1. The second kappa shape index (κ2) is 24.4. The summed E-state index contributed by atoms with van der Waals surface area (Å²) in [7, 11) is 0. The van der Waals surface area contributed by atoms with Crippen molar-refractivity contribution < 1.29 is 32.6 Å². The molecule has 0 atom stereocenters. The molecular weight excluding hydrogens is 533 g/mol. The lowest BCUT2D eigenvalue weighted by Gasteiger charge is -2.09. The lowest BCUT2D eigenvalue weighted by Crippen LogP contribution is -2.14. The minimum Gasteiger partial charge on any atom is -0.493 e. The van der Waals surface area contributed by atoms with Gasteiger partial charge in [-0.15, -0.1) is 10.1 Å². The molecule has 0 unspecified atom stereocenters. The molecule has 0 bridgehead atoms. The molecule has 0 heterocycles. The van der Waals surface area contributed by atoms with Crippen LogP contribution in [0.1, 0.15) is 70.8 Å². The monoisotopic (exact) mass is 576 g/mol. The SMILES string of the molecule is C/C=C\CCCC.FC(F)(F)c1cccc(OCC/C=C/C2CCCC2)c1.O=CNCCSCCO[N+](=O)[O-]. The molecule has 1 amide bonds. The topological polar surface area (TPSA) is 90.7 Å². The van der Waals surface area contributed by atoms with Crippen LogP contribution in [-0.2, 0) is 15.8 Å². The van der Waals surface area contributed by atoms with Crippen LogP contribution in [0, 0.1) is 16.0 Å². The molecule has 1 N–H and O–H groups in total. The van der Waals surface area contributed by atoms with E-state index in [9.17, 15) is 28.1 Å². The Hall–Kier alpha value is -2.69. The number of allylic oxidation sites excluding steroid dienone is 3. The van der Waals surface area contributed by atoms with E-state index in [0.717, 1.165) is 24.3 Å². The molecule has 11 heteroatoms. The number of amides is 1. The number of thioether (sulfide) groups is 1. The van der Waals surface area contributed by atoms with Crippen LogP contribution in [0.15, 0.2) is 48.6 Å². The Kier molecular flexibility index (Phi) is 22.7. The molecule has 7 nitrogen and oxygen atoms in total.